The SMILES string of the molecule is CC(C)(C)n1c(C2CC2)nc(C2CCC2)c1N. The van der Waals surface area contributed by atoms with Crippen LogP contribution in [0.5, 0.6) is 0 Å². The van der Waals surface area contributed by atoms with Crippen molar-refractivity contribution in [2.45, 2.75) is 70.3 Å². The van der Waals surface area contributed by atoms with E-state index in [2.05, 4.69) is 25.3 Å². The van der Waals surface area contributed by atoms with Gasteiger partial charge in [-0.15, -0.1) is 0 Å². The summed E-state index contributed by atoms with van der Waals surface area (Å²) in [5.41, 5.74) is 7.61. The first-order valence-electron chi connectivity index (χ1n) is 6.87. The Balaban J connectivity index is 2.07. The van der Waals surface area contributed by atoms with Crippen molar-refractivity contribution in [3.63, 3.8) is 0 Å². The Morgan fingerprint density at radius 2 is 1.76 bits per heavy atom. The predicted octanol–water partition coefficient (Wildman–Crippen LogP) is 3.37. The highest BCUT2D eigenvalue weighted by Gasteiger charge is 2.36. The molecule has 0 aliphatic heterocycles. The van der Waals surface area contributed by atoms with Crippen molar-refractivity contribution in [1.82, 2.24) is 9.55 Å². The van der Waals surface area contributed by atoms with Crippen LogP contribution < -0.4 is 5.73 Å². The molecule has 17 heavy (non-hydrogen) atoms. The molecule has 2 N–H and O–H groups in total. The molecule has 0 atom stereocenters. The summed E-state index contributed by atoms with van der Waals surface area (Å²) in [6.07, 6.45) is 6.46. The van der Waals surface area contributed by atoms with Crippen LogP contribution in [0.15, 0.2) is 0 Å². The molecule has 0 bridgehead atoms. The zero-order valence-electron chi connectivity index (χ0n) is 11.2. The quantitative estimate of drug-likeness (QED) is 0.851. The lowest BCUT2D eigenvalue weighted by atomic mass is 9.83. The van der Waals surface area contributed by atoms with Gasteiger partial charge in [0.15, 0.2) is 0 Å². The average molecular weight is 233 g/mol. The van der Waals surface area contributed by atoms with Crippen LogP contribution >= 0.6 is 0 Å². The van der Waals surface area contributed by atoms with Crippen LogP contribution in [-0.4, -0.2) is 9.55 Å². The van der Waals surface area contributed by atoms with E-state index in [0.717, 1.165) is 5.82 Å². The van der Waals surface area contributed by atoms with E-state index in [-0.39, 0.29) is 5.54 Å². The summed E-state index contributed by atoms with van der Waals surface area (Å²) in [7, 11) is 0. The fraction of sp³-hybridized carbons (Fsp3) is 0.786. The minimum atomic E-state index is 0.0526. The summed E-state index contributed by atoms with van der Waals surface area (Å²) < 4.78 is 2.29. The number of anilines is 1. The number of nitrogens with two attached hydrogens (primary N) is 1. The number of hydrogen-bond acceptors (Lipinski definition) is 2. The molecule has 0 aromatic carbocycles. The normalized spacial score (nSPS) is 21.6. The number of nitrogens with zero attached hydrogens (tertiary/aromatic N) is 2. The Morgan fingerprint density at radius 1 is 1.12 bits per heavy atom. The Labute approximate surface area is 103 Å². The zero-order chi connectivity index (χ0) is 12.2. The van der Waals surface area contributed by atoms with Crippen molar-refractivity contribution < 1.29 is 0 Å². The van der Waals surface area contributed by atoms with E-state index >= 15 is 0 Å². The number of nitrogen functional groups attached to an aromatic ring is 1. The van der Waals surface area contributed by atoms with Gasteiger partial charge in [-0.2, -0.15) is 0 Å². The minimum Gasteiger partial charge on any atom is -0.384 e. The summed E-state index contributed by atoms with van der Waals surface area (Å²) in [6, 6.07) is 0. The van der Waals surface area contributed by atoms with Crippen molar-refractivity contribution in [1.29, 1.82) is 0 Å². The standard InChI is InChI=1S/C14H23N3/c1-14(2,3)17-12(15)11(9-5-4-6-9)16-13(17)10-7-8-10/h9-10H,4-8,15H2,1-3H3. The lowest BCUT2D eigenvalue weighted by molar-refractivity contribution is 0.386. The van der Waals surface area contributed by atoms with Gasteiger partial charge in [0.2, 0.25) is 0 Å². The van der Waals surface area contributed by atoms with Crippen LogP contribution in [0.4, 0.5) is 5.82 Å². The third kappa shape index (κ3) is 1.76. The van der Waals surface area contributed by atoms with Gasteiger partial charge in [0, 0.05) is 17.4 Å². The van der Waals surface area contributed by atoms with E-state index in [1.54, 1.807) is 0 Å². The van der Waals surface area contributed by atoms with E-state index in [4.69, 9.17) is 10.7 Å². The molecular weight excluding hydrogens is 210 g/mol. The largest absolute Gasteiger partial charge is 0.384 e. The maximum atomic E-state index is 6.37. The number of hydrogen-bond donors (Lipinski definition) is 1. The Kier molecular flexibility index (Phi) is 2.29. The molecule has 3 heteroatoms. The molecule has 2 fully saturated rings. The van der Waals surface area contributed by atoms with Gasteiger partial charge in [-0.1, -0.05) is 6.42 Å². The van der Waals surface area contributed by atoms with Gasteiger partial charge in [-0.25, -0.2) is 4.98 Å². The second-order valence-electron chi connectivity index (χ2n) is 6.65. The smallest absolute Gasteiger partial charge is 0.127 e. The molecule has 94 valence electrons. The predicted molar refractivity (Wildman–Crippen MR) is 70.2 cm³/mol. The van der Waals surface area contributed by atoms with E-state index in [0.29, 0.717) is 11.8 Å². The number of imidazole rings is 1. The molecule has 2 aliphatic carbocycles. The van der Waals surface area contributed by atoms with E-state index in [9.17, 15) is 0 Å². The van der Waals surface area contributed by atoms with Crippen LogP contribution in [0.3, 0.4) is 0 Å². The van der Waals surface area contributed by atoms with Crippen LogP contribution in [0.1, 0.15) is 76.2 Å². The highest BCUT2D eigenvalue weighted by Crippen LogP contribution is 2.46. The van der Waals surface area contributed by atoms with Gasteiger partial charge in [0.1, 0.15) is 11.6 Å². The van der Waals surface area contributed by atoms with Crippen LogP contribution in [0, 0.1) is 0 Å². The van der Waals surface area contributed by atoms with Gasteiger partial charge in [-0.3, -0.25) is 0 Å². The first kappa shape index (κ1) is 11.1. The molecule has 0 amide bonds. The summed E-state index contributed by atoms with van der Waals surface area (Å²) in [5, 5.41) is 0. The van der Waals surface area contributed by atoms with Crippen LogP contribution in [0.25, 0.3) is 0 Å². The van der Waals surface area contributed by atoms with Crippen LogP contribution in [0.2, 0.25) is 0 Å². The van der Waals surface area contributed by atoms with Gasteiger partial charge >= 0.3 is 0 Å². The minimum absolute atomic E-state index is 0.0526. The van der Waals surface area contributed by atoms with Crippen LogP contribution in [-0.2, 0) is 5.54 Å². The number of aromatic nitrogens is 2. The van der Waals surface area contributed by atoms with Crippen molar-refractivity contribution in [3.05, 3.63) is 11.5 Å². The lowest BCUT2D eigenvalue weighted by Gasteiger charge is -2.27. The zero-order valence-corrected chi connectivity index (χ0v) is 11.2. The van der Waals surface area contributed by atoms with E-state index in [1.165, 1.54) is 43.6 Å². The molecule has 3 nitrogen and oxygen atoms in total. The topological polar surface area (TPSA) is 43.8 Å². The maximum Gasteiger partial charge on any atom is 0.127 e. The third-order valence-electron chi connectivity index (χ3n) is 4.07. The van der Waals surface area contributed by atoms with Crippen molar-refractivity contribution >= 4 is 5.82 Å². The Hall–Kier alpha value is -0.990. The van der Waals surface area contributed by atoms with E-state index < -0.39 is 0 Å². The second kappa shape index (κ2) is 3.50. The number of rotatable bonds is 2. The summed E-state index contributed by atoms with van der Waals surface area (Å²) in [6.45, 7) is 6.67. The molecule has 1 aromatic rings. The third-order valence-corrected chi connectivity index (χ3v) is 4.07. The molecule has 0 saturated heterocycles. The van der Waals surface area contributed by atoms with Gasteiger partial charge in [0.25, 0.3) is 0 Å². The second-order valence-corrected chi connectivity index (χ2v) is 6.65. The monoisotopic (exact) mass is 233 g/mol. The van der Waals surface area contributed by atoms with Crippen molar-refractivity contribution in [2.75, 3.05) is 5.73 Å². The molecule has 2 saturated carbocycles. The van der Waals surface area contributed by atoms with E-state index in [1.807, 2.05) is 0 Å². The Bertz CT molecular complexity index is 431. The molecule has 0 spiro atoms. The highest BCUT2D eigenvalue weighted by molar-refractivity contribution is 5.44. The van der Waals surface area contributed by atoms with Gasteiger partial charge in [0.05, 0.1) is 5.69 Å². The first-order chi connectivity index (χ1) is 7.98. The van der Waals surface area contributed by atoms with Crippen molar-refractivity contribution in [3.8, 4) is 0 Å². The lowest BCUT2D eigenvalue weighted by Crippen LogP contribution is -2.26. The molecule has 2 aliphatic rings. The summed E-state index contributed by atoms with van der Waals surface area (Å²) >= 11 is 0. The molecular formula is C14H23N3. The van der Waals surface area contributed by atoms with Gasteiger partial charge in [-0.05, 0) is 46.5 Å². The summed E-state index contributed by atoms with van der Waals surface area (Å²) in [5.74, 6) is 3.49. The fourth-order valence-electron chi connectivity index (χ4n) is 2.77. The molecule has 1 heterocycles. The Morgan fingerprint density at radius 3 is 2.18 bits per heavy atom. The highest BCUT2D eigenvalue weighted by atomic mass is 15.2. The van der Waals surface area contributed by atoms with Crippen molar-refractivity contribution in [2.24, 2.45) is 0 Å². The maximum absolute atomic E-state index is 6.37. The van der Waals surface area contributed by atoms with Gasteiger partial charge < -0.3 is 10.3 Å². The molecule has 0 unspecified atom stereocenters. The molecule has 3 rings (SSSR count). The average Bonchev–Trinajstić information content (AvgIpc) is 2.89. The molecule has 0 radical (unpaired) electrons. The summed E-state index contributed by atoms with van der Waals surface area (Å²) in [4.78, 5) is 4.90. The first-order valence-corrected chi connectivity index (χ1v) is 6.87. The molecule has 1 aromatic heterocycles. The fourth-order valence-corrected chi connectivity index (χ4v) is 2.77.